The second-order valence-electron chi connectivity index (χ2n) is 9.34. The zero-order valence-corrected chi connectivity index (χ0v) is 24.9. The van der Waals surface area contributed by atoms with Gasteiger partial charge in [-0.1, -0.05) is 44.3 Å². The van der Waals surface area contributed by atoms with Gasteiger partial charge < -0.3 is 20.1 Å². The highest BCUT2D eigenvalue weighted by atomic mass is 33.1. The van der Waals surface area contributed by atoms with Crippen molar-refractivity contribution in [3.63, 3.8) is 0 Å². The number of hydrogen-bond acceptors (Lipinski definition) is 12. The smallest absolute Gasteiger partial charge is 0.240 e. The summed E-state index contributed by atoms with van der Waals surface area (Å²) >= 11 is 2.97. The zero-order chi connectivity index (χ0) is 27.3. The van der Waals surface area contributed by atoms with Gasteiger partial charge in [-0.25, -0.2) is 9.97 Å². The molecule has 210 valence electrons. The predicted molar refractivity (Wildman–Crippen MR) is 163 cm³/mol. The molecule has 14 heteroatoms. The van der Waals surface area contributed by atoms with E-state index in [1.807, 2.05) is 24.3 Å². The van der Waals surface area contributed by atoms with Gasteiger partial charge >= 0.3 is 0 Å². The van der Waals surface area contributed by atoms with E-state index in [-0.39, 0.29) is 11.8 Å². The fourth-order valence-electron chi connectivity index (χ4n) is 4.36. The van der Waals surface area contributed by atoms with Crippen LogP contribution in [0.1, 0.15) is 0 Å². The summed E-state index contributed by atoms with van der Waals surface area (Å²) in [5.41, 5.74) is 1.74. The van der Waals surface area contributed by atoms with Crippen LogP contribution in [0.5, 0.6) is 0 Å². The quantitative estimate of drug-likeness (QED) is 0.265. The first-order valence-corrected chi connectivity index (χ1v) is 16.7. The Bertz CT molecular complexity index is 1390. The van der Waals surface area contributed by atoms with Gasteiger partial charge in [-0.05, 0) is 36.4 Å². The molecule has 10 nitrogen and oxygen atoms in total. The molecule has 2 aliphatic rings. The number of morpholine rings is 2. The maximum Gasteiger partial charge on any atom is 0.240 e. The summed E-state index contributed by atoms with van der Waals surface area (Å²) in [6, 6.07) is 12.3. The molecule has 0 unspecified atom stereocenters. The summed E-state index contributed by atoms with van der Waals surface area (Å²) in [6.07, 6.45) is 0. The van der Waals surface area contributed by atoms with Gasteiger partial charge in [-0.2, -0.15) is 0 Å². The summed E-state index contributed by atoms with van der Waals surface area (Å²) in [4.78, 5) is 40.4. The SMILES string of the molecule is O=C(CN1CCOCC1)Nc1nc2ccc(SSc3ccc4nc(NC(=O)CN5CCOCC5)sc4c3)cc2s1. The molecule has 2 aliphatic heterocycles. The number of carbonyl (C=O) groups excluding carboxylic acids is 2. The lowest BCUT2D eigenvalue weighted by Gasteiger charge is -2.25. The molecular weight excluding hydrogens is 589 g/mol. The Hall–Kier alpha value is -2.30. The van der Waals surface area contributed by atoms with E-state index in [9.17, 15) is 9.59 Å². The molecule has 0 atom stereocenters. The molecule has 0 aliphatic carbocycles. The fraction of sp³-hybridized carbons (Fsp3) is 0.385. The zero-order valence-electron chi connectivity index (χ0n) is 21.6. The number of nitrogens with zero attached hydrogens (tertiary/aromatic N) is 4. The van der Waals surface area contributed by atoms with E-state index in [1.165, 1.54) is 22.7 Å². The van der Waals surface area contributed by atoms with Crippen molar-refractivity contribution in [1.29, 1.82) is 0 Å². The molecule has 2 aromatic carbocycles. The van der Waals surface area contributed by atoms with Gasteiger partial charge in [0.1, 0.15) is 0 Å². The number of fused-ring (bicyclic) bond motifs is 2. The van der Waals surface area contributed by atoms with Gasteiger partial charge in [0.05, 0.1) is 60.0 Å². The molecule has 2 aromatic heterocycles. The highest BCUT2D eigenvalue weighted by Gasteiger charge is 2.17. The number of anilines is 2. The van der Waals surface area contributed by atoms with Crippen LogP contribution in [0.3, 0.4) is 0 Å². The second-order valence-corrected chi connectivity index (χ2v) is 13.7. The molecule has 4 aromatic rings. The van der Waals surface area contributed by atoms with Gasteiger partial charge in [0.15, 0.2) is 10.3 Å². The molecule has 2 amide bonds. The third-order valence-corrected chi connectivity index (χ3v) is 10.6. The standard InChI is InChI=1S/C26H28N6O4S4/c33-23(15-31-5-9-35-10-6-31)29-25-27-19-3-1-17(13-21(19)37-25)39-40-18-2-4-20-22(14-18)38-26(28-20)30-24(34)16-32-7-11-36-12-8-32/h1-4,13-14H,5-12,15-16H2,(H,27,29,33)(H,28,30,34). The third-order valence-electron chi connectivity index (χ3n) is 6.39. The summed E-state index contributed by atoms with van der Waals surface area (Å²) in [6.45, 7) is 6.46. The third kappa shape index (κ3) is 7.31. The Kier molecular flexibility index (Phi) is 9.14. The molecule has 2 N–H and O–H groups in total. The van der Waals surface area contributed by atoms with Crippen molar-refractivity contribution in [2.45, 2.75) is 9.79 Å². The van der Waals surface area contributed by atoms with Gasteiger partial charge in [-0.3, -0.25) is 19.4 Å². The van der Waals surface area contributed by atoms with E-state index in [1.54, 1.807) is 21.6 Å². The summed E-state index contributed by atoms with van der Waals surface area (Å²) in [5, 5.41) is 7.12. The van der Waals surface area contributed by atoms with Crippen molar-refractivity contribution in [1.82, 2.24) is 19.8 Å². The van der Waals surface area contributed by atoms with Crippen LogP contribution < -0.4 is 10.6 Å². The van der Waals surface area contributed by atoms with Gasteiger partial charge in [-0.15, -0.1) is 0 Å². The van der Waals surface area contributed by atoms with Crippen molar-refractivity contribution in [3.8, 4) is 0 Å². The average molecular weight is 617 g/mol. The monoisotopic (exact) mass is 616 g/mol. The number of carbonyl (C=O) groups is 2. The predicted octanol–water partition coefficient (Wildman–Crippen LogP) is 4.25. The molecule has 4 heterocycles. The molecule has 0 spiro atoms. The minimum Gasteiger partial charge on any atom is -0.379 e. The number of ether oxygens (including phenoxy) is 2. The number of amides is 2. The first-order valence-electron chi connectivity index (χ1n) is 12.9. The van der Waals surface area contributed by atoms with E-state index >= 15 is 0 Å². The molecule has 40 heavy (non-hydrogen) atoms. The van der Waals surface area contributed by atoms with Crippen LogP contribution in [0.15, 0.2) is 46.2 Å². The number of nitrogens with one attached hydrogen (secondary N) is 2. The van der Waals surface area contributed by atoms with Crippen LogP contribution in [0, 0.1) is 0 Å². The number of thiazole rings is 2. The maximum atomic E-state index is 12.4. The average Bonchev–Trinajstić information content (AvgIpc) is 3.54. The normalized spacial score (nSPS) is 16.9. The van der Waals surface area contributed by atoms with Crippen LogP contribution in [-0.2, 0) is 19.1 Å². The Morgan fingerprint density at radius 3 is 1.57 bits per heavy atom. The van der Waals surface area contributed by atoms with Crippen LogP contribution >= 0.6 is 44.3 Å². The summed E-state index contributed by atoms with van der Waals surface area (Å²) in [7, 11) is 3.34. The molecule has 0 bridgehead atoms. The summed E-state index contributed by atoms with van der Waals surface area (Å²) < 4.78 is 12.8. The van der Waals surface area contributed by atoms with E-state index < -0.39 is 0 Å². The topological polar surface area (TPSA) is 109 Å². The molecule has 2 fully saturated rings. The van der Waals surface area contributed by atoms with Crippen molar-refractivity contribution in [2.75, 3.05) is 76.3 Å². The van der Waals surface area contributed by atoms with Gasteiger partial charge in [0, 0.05) is 36.0 Å². The van der Waals surface area contributed by atoms with Crippen molar-refractivity contribution in [2.24, 2.45) is 0 Å². The second kappa shape index (κ2) is 13.1. The molecular formula is C26H28N6O4S4. The van der Waals surface area contributed by atoms with Crippen LogP contribution in [0.2, 0.25) is 0 Å². The van der Waals surface area contributed by atoms with E-state index in [2.05, 4.69) is 42.5 Å². The minimum atomic E-state index is -0.0515. The van der Waals surface area contributed by atoms with Crippen LogP contribution in [0.4, 0.5) is 10.3 Å². The Morgan fingerprint density at radius 2 is 1.15 bits per heavy atom. The highest BCUT2D eigenvalue weighted by Crippen LogP contribution is 2.41. The fourth-order valence-corrected chi connectivity index (χ4v) is 8.32. The number of rotatable bonds is 9. The summed E-state index contributed by atoms with van der Waals surface area (Å²) in [5.74, 6) is -0.103. The van der Waals surface area contributed by atoms with Crippen LogP contribution in [0.25, 0.3) is 20.4 Å². The minimum absolute atomic E-state index is 0.0515. The molecule has 2 saturated heterocycles. The van der Waals surface area contributed by atoms with Gasteiger partial charge in [0.25, 0.3) is 0 Å². The Labute approximate surface area is 247 Å². The lowest BCUT2D eigenvalue weighted by molar-refractivity contribution is -0.119. The van der Waals surface area contributed by atoms with E-state index in [0.29, 0.717) is 49.8 Å². The lowest BCUT2D eigenvalue weighted by Crippen LogP contribution is -2.41. The number of benzene rings is 2. The molecule has 0 saturated carbocycles. The van der Waals surface area contributed by atoms with E-state index in [4.69, 9.17) is 9.47 Å². The Morgan fingerprint density at radius 1 is 0.725 bits per heavy atom. The first kappa shape index (κ1) is 27.8. The van der Waals surface area contributed by atoms with Crippen molar-refractivity contribution in [3.05, 3.63) is 36.4 Å². The number of hydrogen-bond donors (Lipinski definition) is 2. The van der Waals surface area contributed by atoms with E-state index in [0.717, 1.165) is 56.4 Å². The largest absolute Gasteiger partial charge is 0.379 e. The van der Waals surface area contributed by atoms with Gasteiger partial charge in [0.2, 0.25) is 11.8 Å². The molecule has 6 rings (SSSR count). The number of aromatic nitrogens is 2. The maximum absolute atomic E-state index is 12.4. The first-order chi connectivity index (χ1) is 19.6. The Balaban J connectivity index is 1.03. The highest BCUT2D eigenvalue weighted by molar-refractivity contribution is 8.76. The van der Waals surface area contributed by atoms with Crippen molar-refractivity contribution >= 4 is 86.8 Å². The van der Waals surface area contributed by atoms with Crippen molar-refractivity contribution < 1.29 is 19.1 Å². The van der Waals surface area contributed by atoms with Crippen LogP contribution in [-0.4, -0.2) is 97.3 Å². The lowest BCUT2D eigenvalue weighted by atomic mass is 10.3. The molecule has 0 radical (unpaired) electrons.